The van der Waals surface area contributed by atoms with Crippen LogP contribution in [0.25, 0.3) is 0 Å². The van der Waals surface area contributed by atoms with Gasteiger partial charge in [0.05, 0.1) is 11.6 Å². The minimum atomic E-state index is -0.488. The molecule has 2 aromatic rings. The molecule has 0 radical (unpaired) electrons. The molecule has 96 valence electrons. The Morgan fingerprint density at radius 2 is 1.63 bits per heavy atom. The number of hydrogen-bond acceptors (Lipinski definition) is 3. The zero-order valence-corrected chi connectivity index (χ0v) is 10.2. The largest absolute Gasteiger partial charge is 0.490 e. The molecule has 0 fully saturated rings. The number of hydrogen-bond donors (Lipinski definition) is 0. The van der Waals surface area contributed by atoms with E-state index in [1.165, 1.54) is 12.1 Å². The van der Waals surface area contributed by atoms with E-state index in [9.17, 15) is 4.39 Å². The molecule has 0 bridgehead atoms. The number of benzene rings is 2. The van der Waals surface area contributed by atoms with Gasteiger partial charge in [-0.05, 0) is 24.3 Å². The molecule has 0 aliphatic heterocycles. The highest BCUT2D eigenvalue weighted by atomic mass is 19.1. The molecule has 0 heterocycles. The lowest BCUT2D eigenvalue weighted by Gasteiger charge is -2.08. The number of nitrogens with zero attached hydrogens (tertiary/aromatic N) is 1. The van der Waals surface area contributed by atoms with E-state index in [0.717, 1.165) is 11.8 Å². The highest BCUT2D eigenvalue weighted by Crippen LogP contribution is 2.16. The zero-order valence-electron chi connectivity index (χ0n) is 10.2. The van der Waals surface area contributed by atoms with Gasteiger partial charge in [0, 0.05) is 6.07 Å². The topological polar surface area (TPSA) is 42.2 Å². The Balaban J connectivity index is 1.83. The molecule has 0 amide bonds. The van der Waals surface area contributed by atoms with E-state index in [0.29, 0.717) is 12.4 Å². The predicted octanol–water partition coefficient (Wildman–Crippen LogP) is 3.16. The van der Waals surface area contributed by atoms with Crippen molar-refractivity contribution in [1.29, 1.82) is 5.26 Å². The average Bonchev–Trinajstić information content (AvgIpc) is 2.44. The fourth-order valence-corrected chi connectivity index (χ4v) is 1.55. The molecular weight excluding hydrogens is 245 g/mol. The molecule has 0 spiro atoms. The molecular formula is C15H12FNO2. The van der Waals surface area contributed by atoms with Gasteiger partial charge in [-0.25, -0.2) is 4.39 Å². The van der Waals surface area contributed by atoms with Gasteiger partial charge < -0.3 is 9.47 Å². The molecule has 4 heteroatoms. The molecule has 0 saturated carbocycles. The maximum absolute atomic E-state index is 13.1. The molecule has 0 aromatic heterocycles. The SMILES string of the molecule is N#Cc1cc(F)cc(OCCOc2ccccc2)c1. The summed E-state index contributed by atoms with van der Waals surface area (Å²) in [4.78, 5) is 0. The number of halogens is 1. The first-order valence-corrected chi connectivity index (χ1v) is 5.79. The summed E-state index contributed by atoms with van der Waals surface area (Å²) < 4.78 is 23.9. The Kier molecular flexibility index (Phi) is 4.35. The predicted molar refractivity (Wildman–Crippen MR) is 68.5 cm³/mol. The van der Waals surface area contributed by atoms with Crippen molar-refractivity contribution in [3.8, 4) is 17.6 Å². The van der Waals surface area contributed by atoms with Crippen LogP contribution in [0.1, 0.15) is 5.56 Å². The van der Waals surface area contributed by atoms with Gasteiger partial charge in [-0.3, -0.25) is 0 Å². The van der Waals surface area contributed by atoms with Crippen LogP contribution in [0.4, 0.5) is 4.39 Å². The van der Waals surface area contributed by atoms with Crippen LogP contribution in [-0.4, -0.2) is 13.2 Å². The standard InChI is InChI=1S/C15H12FNO2/c16-13-8-12(11-17)9-15(10-13)19-7-6-18-14-4-2-1-3-5-14/h1-5,8-10H,6-7H2. The van der Waals surface area contributed by atoms with Crippen LogP contribution in [-0.2, 0) is 0 Å². The van der Waals surface area contributed by atoms with Crippen LogP contribution in [0.3, 0.4) is 0 Å². The first kappa shape index (κ1) is 12.9. The second-order valence-corrected chi connectivity index (χ2v) is 3.80. The molecule has 0 saturated heterocycles. The van der Waals surface area contributed by atoms with E-state index in [1.807, 2.05) is 36.4 Å². The maximum Gasteiger partial charge on any atom is 0.128 e. The fourth-order valence-electron chi connectivity index (χ4n) is 1.55. The minimum absolute atomic E-state index is 0.235. The van der Waals surface area contributed by atoms with Crippen LogP contribution < -0.4 is 9.47 Å². The quantitative estimate of drug-likeness (QED) is 0.773. The van der Waals surface area contributed by atoms with Crippen molar-refractivity contribution in [1.82, 2.24) is 0 Å². The number of ether oxygens (including phenoxy) is 2. The Labute approximate surface area is 110 Å². The highest BCUT2D eigenvalue weighted by Gasteiger charge is 2.01. The number of rotatable bonds is 5. The lowest BCUT2D eigenvalue weighted by Crippen LogP contribution is -2.09. The Morgan fingerprint density at radius 1 is 0.947 bits per heavy atom. The molecule has 3 nitrogen and oxygen atoms in total. The normalized spacial score (nSPS) is 9.68. The summed E-state index contributed by atoms with van der Waals surface area (Å²) in [5.41, 5.74) is 0.235. The van der Waals surface area contributed by atoms with Crippen molar-refractivity contribution in [2.45, 2.75) is 0 Å². The van der Waals surface area contributed by atoms with Crippen molar-refractivity contribution >= 4 is 0 Å². The summed E-state index contributed by atoms with van der Waals surface area (Å²) in [5, 5.41) is 8.71. The third-order valence-corrected chi connectivity index (χ3v) is 2.36. The van der Waals surface area contributed by atoms with Crippen LogP contribution in [0, 0.1) is 17.1 Å². The van der Waals surface area contributed by atoms with Gasteiger partial charge in [-0.2, -0.15) is 5.26 Å². The molecule has 0 aliphatic carbocycles. The molecule has 2 rings (SSSR count). The fraction of sp³-hybridized carbons (Fsp3) is 0.133. The number of para-hydroxylation sites is 1. The lowest BCUT2D eigenvalue weighted by molar-refractivity contribution is 0.216. The van der Waals surface area contributed by atoms with Crippen LogP contribution in [0.2, 0.25) is 0 Å². The first-order chi connectivity index (χ1) is 9.28. The van der Waals surface area contributed by atoms with Gasteiger partial charge in [0.25, 0.3) is 0 Å². The summed E-state index contributed by atoms with van der Waals surface area (Å²) >= 11 is 0. The van der Waals surface area contributed by atoms with Gasteiger partial charge in [-0.15, -0.1) is 0 Å². The molecule has 0 unspecified atom stereocenters. The monoisotopic (exact) mass is 257 g/mol. The van der Waals surface area contributed by atoms with E-state index in [4.69, 9.17) is 14.7 Å². The van der Waals surface area contributed by atoms with Crippen LogP contribution in [0.5, 0.6) is 11.5 Å². The van der Waals surface area contributed by atoms with E-state index in [2.05, 4.69) is 0 Å². The second-order valence-electron chi connectivity index (χ2n) is 3.80. The summed E-state index contributed by atoms with van der Waals surface area (Å²) in [6, 6.07) is 15.1. The second kappa shape index (κ2) is 6.41. The van der Waals surface area contributed by atoms with Crippen molar-refractivity contribution in [2.24, 2.45) is 0 Å². The van der Waals surface area contributed by atoms with Crippen molar-refractivity contribution < 1.29 is 13.9 Å². The van der Waals surface area contributed by atoms with Crippen molar-refractivity contribution in [2.75, 3.05) is 13.2 Å². The van der Waals surface area contributed by atoms with Crippen LogP contribution >= 0.6 is 0 Å². The molecule has 19 heavy (non-hydrogen) atoms. The Hall–Kier alpha value is -2.54. The zero-order chi connectivity index (χ0) is 13.5. The molecule has 0 aliphatic rings. The van der Waals surface area contributed by atoms with Crippen molar-refractivity contribution in [3.63, 3.8) is 0 Å². The van der Waals surface area contributed by atoms with E-state index >= 15 is 0 Å². The third kappa shape index (κ3) is 4.00. The summed E-state index contributed by atoms with van der Waals surface area (Å²) in [6.07, 6.45) is 0. The van der Waals surface area contributed by atoms with Gasteiger partial charge in [0.15, 0.2) is 0 Å². The van der Waals surface area contributed by atoms with E-state index in [-0.39, 0.29) is 12.2 Å². The Morgan fingerprint density at radius 3 is 2.32 bits per heavy atom. The van der Waals surface area contributed by atoms with Gasteiger partial charge in [0.1, 0.15) is 30.5 Å². The minimum Gasteiger partial charge on any atom is -0.490 e. The van der Waals surface area contributed by atoms with Crippen molar-refractivity contribution in [3.05, 3.63) is 59.9 Å². The van der Waals surface area contributed by atoms with Gasteiger partial charge >= 0.3 is 0 Å². The third-order valence-electron chi connectivity index (χ3n) is 2.36. The van der Waals surface area contributed by atoms with E-state index in [1.54, 1.807) is 0 Å². The number of nitriles is 1. The van der Waals surface area contributed by atoms with E-state index < -0.39 is 5.82 Å². The lowest BCUT2D eigenvalue weighted by atomic mass is 10.2. The summed E-state index contributed by atoms with van der Waals surface area (Å²) in [7, 11) is 0. The highest BCUT2D eigenvalue weighted by molar-refractivity contribution is 5.37. The first-order valence-electron chi connectivity index (χ1n) is 5.79. The molecule has 0 N–H and O–H groups in total. The summed E-state index contributed by atoms with van der Waals surface area (Å²) in [5.74, 6) is 0.592. The smallest absolute Gasteiger partial charge is 0.128 e. The van der Waals surface area contributed by atoms with Crippen LogP contribution in [0.15, 0.2) is 48.5 Å². The molecule has 2 aromatic carbocycles. The summed E-state index contributed by atoms with van der Waals surface area (Å²) in [6.45, 7) is 0.631. The van der Waals surface area contributed by atoms with Gasteiger partial charge in [0.2, 0.25) is 0 Å². The maximum atomic E-state index is 13.1. The molecule has 0 atom stereocenters. The van der Waals surface area contributed by atoms with Gasteiger partial charge in [-0.1, -0.05) is 18.2 Å². The average molecular weight is 257 g/mol. The Bertz CT molecular complexity index is 578.